The average Bonchev–Trinajstić information content (AvgIpc) is 3.29. The summed E-state index contributed by atoms with van der Waals surface area (Å²) in [4.78, 5) is 25.0. The highest BCUT2D eigenvalue weighted by Crippen LogP contribution is 2.44. The number of hydrogen-bond acceptors (Lipinski definition) is 2. The molecule has 0 spiro atoms. The molecule has 106 valence electrons. The van der Waals surface area contributed by atoms with Gasteiger partial charge in [-0.3, -0.25) is 4.79 Å². The summed E-state index contributed by atoms with van der Waals surface area (Å²) in [7, 11) is 0. The van der Waals surface area contributed by atoms with Crippen molar-refractivity contribution in [1.82, 2.24) is 10.2 Å². The molecule has 5 nitrogen and oxygen atoms in total. The molecule has 0 aromatic rings. The number of amides is 2. The van der Waals surface area contributed by atoms with E-state index in [0.29, 0.717) is 37.4 Å². The highest BCUT2D eigenvalue weighted by Gasteiger charge is 2.43. The van der Waals surface area contributed by atoms with E-state index in [4.69, 9.17) is 5.11 Å². The molecule has 2 amide bonds. The molecule has 0 aromatic heterocycles. The van der Waals surface area contributed by atoms with Crippen molar-refractivity contribution in [3.8, 4) is 0 Å². The van der Waals surface area contributed by atoms with E-state index in [1.807, 2.05) is 0 Å². The Morgan fingerprint density at radius 3 is 2.26 bits per heavy atom. The number of hydrogen-bond donors (Lipinski definition) is 2. The van der Waals surface area contributed by atoms with E-state index in [1.165, 1.54) is 25.7 Å². The van der Waals surface area contributed by atoms with E-state index in [9.17, 15) is 9.59 Å². The molecule has 2 aliphatic carbocycles. The molecule has 3 rings (SSSR count). The van der Waals surface area contributed by atoms with Crippen molar-refractivity contribution in [3.63, 3.8) is 0 Å². The summed E-state index contributed by atoms with van der Waals surface area (Å²) < 4.78 is 0. The van der Waals surface area contributed by atoms with Gasteiger partial charge in [0.1, 0.15) is 0 Å². The van der Waals surface area contributed by atoms with Crippen LogP contribution in [0.3, 0.4) is 0 Å². The van der Waals surface area contributed by atoms with E-state index in [0.717, 1.165) is 6.42 Å². The van der Waals surface area contributed by atoms with Crippen LogP contribution >= 0.6 is 0 Å². The van der Waals surface area contributed by atoms with Crippen molar-refractivity contribution in [2.75, 3.05) is 13.1 Å². The molecule has 1 heterocycles. The van der Waals surface area contributed by atoms with Gasteiger partial charge in [-0.05, 0) is 50.4 Å². The number of carboxylic acid groups (broad SMARTS) is 1. The van der Waals surface area contributed by atoms with Crippen LogP contribution in [-0.2, 0) is 4.79 Å². The molecule has 0 radical (unpaired) electrons. The number of aliphatic carboxylic acids is 1. The Balaban J connectivity index is 1.55. The van der Waals surface area contributed by atoms with Crippen molar-refractivity contribution < 1.29 is 14.7 Å². The molecule has 2 N–H and O–H groups in total. The summed E-state index contributed by atoms with van der Waals surface area (Å²) in [5.41, 5.74) is 0. The van der Waals surface area contributed by atoms with Crippen molar-refractivity contribution in [2.24, 2.45) is 17.8 Å². The van der Waals surface area contributed by atoms with E-state index in [1.54, 1.807) is 4.90 Å². The standard InChI is InChI=1S/C14H22N2O3/c17-13(18)11-2-1-7-16(8-11)14(19)15-12(9-3-4-9)10-5-6-10/h9-12H,1-8H2,(H,15,19)(H,17,18)/t11-/m1/s1. The van der Waals surface area contributed by atoms with E-state index in [2.05, 4.69) is 5.32 Å². The molecular weight excluding hydrogens is 244 g/mol. The number of carboxylic acids is 1. The van der Waals surface area contributed by atoms with Crippen molar-refractivity contribution in [2.45, 2.75) is 44.6 Å². The highest BCUT2D eigenvalue weighted by atomic mass is 16.4. The normalized spacial score (nSPS) is 27.4. The molecule has 5 heteroatoms. The van der Waals surface area contributed by atoms with Gasteiger partial charge < -0.3 is 15.3 Å². The monoisotopic (exact) mass is 266 g/mol. The van der Waals surface area contributed by atoms with Crippen LogP contribution in [0.5, 0.6) is 0 Å². The summed E-state index contributed by atoms with van der Waals surface area (Å²) in [6.07, 6.45) is 6.42. The predicted molar refractivity (Wildman–Crippen MR) is 69.7 cm³/mol. The van der Waals surface area contributed by atoms with Crippen LogP contribution in [0.2, 0.25) is 0 Å². The summed E-state index contributed by atoms with van der Waals surface area (Å²) in [6.45, 7) is 1.06. The lowest BCUT2D eigenvalue weighted by Crippen LogP contribution is -2.50. The Bertz CT molecular complexity index is 365. The molecule has 19 heavy (non-hydrogen) atoms. The van der Waals surface area contributed by atoms with Gasteiger partial charge >= 0.3 is 12.0 Å². The first-order chi connectivity index (χ1) is 9.15. The Labute approximate surface area is 113 Å². The zero-order valence-electron chi connectivity index (χ0n) is 11.2. The first kappa shape index (κ1) is 12.8. The van der Waals surface area contributed by atoms with E-state index in [-0.39, 0.29) is 11.9 Å². The first-order valence-corrected chi connectivity index (χ1v) is 7.43. The fourth-order valence-electron chi connectivity index (χ4n) is 3.13. The maximum atomic E-state index is 12.3. The Morgan fingerprint density at radius 2 is 1.74 bits per heavy atom. The van der Waals surface area contributed by atoms with Gasteiger partial charge in [0.15, 0.2) is 0 Å². The second kappa shape index (κ2) is 5.02. The van der Waals surface area contributed by atoms with Crippen LogP contribution in [0.25, 0.3) is 0 Å². The third kappa shape index (κ3) is 3.01. The molecular formula is C14H22N2O3. The van der Waals surface area contributed by atoms with Gasteiger partial charge in [-0.15, -0.1) is 0 Å². The van der Waals surface area contributed by atoms with Gasteiger partial charge in [0.2, 0.25) is 0 Å². The molecule has 1 saturated heterocycles. The number of piperidine rings is 1. The zero-order chi connectivity index (χ0) is 13.4. The zero-order valence-corrected chi connectivity index (χ0v) is 11.2. The summed E-state index contributed by atoms with van der Waals surface area (Å²) in [6, 6.07) is 0.299. The fourth-order valence-corrected chi connectivity index (χ4v) is 3.13. The Kier molecular flexibility index (Phi) is 3.37. The number of nitrogens with one attached hydrogen (secondary N) is 1. The molecule has 1 atom stereocenters. The number of urea groups is 1. The van der Waals surface area contributed by atoms with E-state index >= 15 is 0 Å². The summed E-state index contributed by atoms with van der Waals surface area (Å²) >= 11 is 0. The molecule has 0 bridgehead atoms. The van der Waals surface area contributed by atoms with Gasteiger partial charge in [-0.1, -0.05) is 0 Å². The largest absolute Gasteiger partial charge is 0.481 e. The number of nitrogens with zero attached hydrogens (tertiary/aromatic N) is 1. The predicted octanol–water partition coefficient (Wildman–Crippen LogP) is 1.68. The molecule has 1 aliphatic heterocycles. The molecule has 3 fully saturated rings. The number of carbonyl (C=O) groups is 2. The summed E-state index contributed by atoms with van der Waals surface area (Å²) in [5.74, 6) is 0.186. The van der Waals surface area contributed by atoms with Crippen molar-refractivity contribution >= 4 is 12.0 Å². The third-order valence-corrected chi connectivity index (χ3v) is 4.61. The van der Waals surface area contributed by atoms with Crippen LogP contribution < -0.4 is 5.32 Å². The third-order valence-electron chi connectivity index (χ3n) is 4.61. The molecule has 0 aromatic carbocycles. The second-order valence-corrected chi connectivity index (χ2v) is 6.27. The minimum Gasteiger partial charge on any atom is -0.481 e. The van der Waals surface area contributed by atoms with Gasteiger partial charge in [0, 0.05) is 19.1 Å². The quantitative estimate of drug-likeness (QED) is 0.813. The number of likely N-dealkylation sites (tertiary alicyclic amines) is 1. The Hall–Kier alpha value is -1.26. The first-order valence-electron chi connectivity index (χ1n) is 7.43. The highest BCUT2D eigenvalue weighted by molar-refractivity contribution is 5.77. The van der Waals surface area contributed by atoms with Gasteiger partial charge in [-0.25, -0.2) is 4.79 Å². The Morgan fingerprint density at radius 1 is 1.11 bits per heavy atom. The van der Waals surface area contributed by atoms with Crippen molar-refractivity contribution in [3.05, 3.63) is 0 Å². The average molecular weight is 266 g/mol. The molecule has 0 unspecified atom stereocenters. The lowest BCUT2D eigenvalue weighted by atomic mass is 9.98. The lowest BCUT2D eigenvalue weighted by Gasteiger charge is -2.32. The molecule has 3 aliphatic rings. The van der Waals surface area contributed by atoms with Crippen molar-refractivity contribution in [1.29, 1.82) is 0 Å². The van der Waals surface area contributed by atoms with Crippen LogP contribution in [0.1, 0.15) is 38.5 Å². The minimum atomic E-state index is -0.779. The van der Waals surface area contributed by atoms with E-state index < -0.39 is 5.97 Å². The molecule has 2 saturated carbocycles. The smallest absolute Gasteiger partial charge is 0.317 e. The van der Waals surface area contributed by atoms with Crippen LogP contribution in [0, 0.1) is 17.8 Å². The number of carbonyl (C=O) groups excluding carboxylic acids is 1. The summed E-state index contributed by atoms with van der Waals surface area (Å²) in [5, 5.41) is 12.2. The van der Waals surface area contributed by atoms with Gasteiger partial charge in [0.05, 0.1) is 5.92 Å². The minimum absolute atomic E-state index is 0.0465. The number of rotatable bonds is 4. The van der Waals surface area contributed by atoms with Crippen LogP contribution in [0.4, 0.5) is 4.79 Å². The lowest BCUT2D eigenvalue weighted by molar-refractivity contribution is -0.143. The van der Waals surface area contributed by atoms with Gasteiger partial charge in [-0.2, -0.15) is 0 Å². The SMILES string of the molecule is O=C(O)[C@@H]1CCCN(C(=O)NC(C2CC2)C2CC2)C1. The topological polar surface area (TPSA) is 69.6 Å². The van der Waals surface area contributed by atoms with Crippen LogP contribution in [0.15, 0.2) is 0 Å². The maximum Gasteiger partial charge on any atom is 0.317 e. The second-order valence-electron chi connectivity index (χ2n) is 6.27. The fraction of sp³-hybridized carbons (Fsp3) is 0.857. The maximum absolute atomic E-state index is 12.3. The van der Waals surface area contributed by atoms with Gasteiger partial charge in [0.25, 0.3) is 0 Å². The van der Waals surface area contributed by atoms with Crippen LogP contribution in [-0.4, -0.2) is 41.1 Å².